The number of hydrogen-bond acceptors (Lipinski definition) is 1. The fourth-order valence-electron chi connectivity index (χ4n) is 2.73. The normalized spacial score (nSPS) is 18.5. The van der Waals surface area contributed by atoms with Gasteiger partial charge in [0.25, 0.3) is 0 Å². The van der Waals surface area contributed by atoms with E-state index < -0.39 is 11.6 Å². The third-order valence-corrected chi connectivity index (χ3v) is 3.59. The monoisotopic (exact) mass is 239 g/mol. The van der Waals surface area contributed by atoms with Gasteiger partial charge < -0.3 is 5.73 Å². The van der Waals surface area contributed by atoms with Crippen LogP contribution in [0, 0.1) is 17.6 Å². The zero-order chi connectivity index (χ0) is 12.3. The molecular weight excluding hydrogens is 220 g/mol. The Hall–Kier alpha value is -0.960. The van der Waals surface area contributed by atoms with Crippen LogP contribution in [0.15, 0.2) is 18.2 Å². The number of hydrogen-bond donors (Lipinski definition) is 1. The largest absolute Gasteiger partial charge is 0.327 e. The van der Waals surface area contributed by atoms with Crippen molar-refractivity contribution < 1.29 is 8.78 Å². The minimum Gasteiger partial charge on any atom is -0.327 e. The maximum atomic E-state index is 13.0. The molecule has 0 aromatic heterocycles. The van der Waals surface area contributed by atoms with Gasteiger partial charge in [0.05, 0.1) is 0 Å². The van der Waals surface area contributed by atoms with E-state index >= 15 is 0 Å². The lowest BCUT2D eigenvalue weighted by Crippen LogP contribution is -2.25. The van der Waals surface area contributed by atoms with Crippen molar-refractivity contribution in [3.63, 3.8) is 0 Å². The van der Waals surface area contributed by atoms with Crippen molar-refractivity contribution in [2.75, 3.05) is 0 Å². The van der Waals surface area contributed by atoms with Gasteiger partial charge in [-0.15, -0.1) is 0 Å². The fraction of sp³-hybridized carbons (Fsp3) is 0.571. The molecule has 94 valence electrons. The second kappa shape index (κ2) is 5.58. The van der Waals surface area contributed by atoms with Crippen molar-refractivity contribution in [2.45, 2.75) is 44.6 Å². The van der Waals surface area contributed by atoms with E-state index in [1.807, 2.05) is 0 Å². The molecule has 1 aliphatic rings. The molecule has 0 heterocycles. The van der Waals surface area contributed by atoms with Gasteiger partial charge in [-0.2, -0.15) is 0 Å². The van der Waals surface area contributed by atoms with Crippen LogP contribution in [0.4, 0.5) is 8.78 Å². The van der Waals surface area contributed by atoms with Gasteiger partial charge in [-0.3, -0.25) is 0 Å². The summed E-state index contributed by atoms with van der Waals surface area (Å²) in [5.74, 6) is -0.844. The molecule has 2 rings (SSSR count). The van der Waals surface area contributed by atoms with Crippen LogP contribution in [0.2, 0.25) is 0 Å². The summed E-state index contributed by atoms with van der Waals surface area (Å²) < 4.78 is 25.8. The molecule has 1 unspecified atom stereocenters. The summed E-state index contributed by atoms with van der Waals surface area (Å²) in [4.78, 5) is 0. The quantitative estimate of drug-likeness (QED) is 0.856. The van der Waals surface area contributed by atoms with Crippen molar-refractivity contribution in [2.24, 2.45) is 11.7 Å². The van der Waals surface area contributed by atoms with E-state index in [0.717, 1.165) is 17.9 Å². The van der Waals surface area contributed by atoms with E-state index in [1.165, 1.54) is 37.8 Å². The first-order valence-corrected chi connectivity index (χ1v) is 6.34. The van der Waals surface area contributed by atoms with Crippen LogP contribution in [0.25, 0.3) is 0 Å². The Morgan fingerprint density at radius 3 is 2.53 bits per heavy atom. The molecule has 1 fully saturated rings. The van der Waals surface area contributed by atoms with Crippen LogP contribution in [0.1, 0.15) is 37.7 Å². The highest BCUT2D eigenvalue weighted by atomic mass is 19.2. The molecule has 1 aromatic rings. The lowest BCUT2D eigenvalue weighted by Gasteiger charge is -2.16. The Balaban J connectivity index is 1.88. The van der Waals surface area contributed by atoms with Crippen molar-refractivity contribution in [3.05, 3.63) is 35.4 Å². The maximum Gasteiger partial charge on any atom is 0.159 e. The molecule has 0 saturated heterocycles. The Bertz CT molecular complexity index is 372. The van der Waals surface area contributed by atoms with E-state index in [4.69, 9.17) is 5.73 Å². The Labute approximate surface area is 101 Å². The van der Waals surface area contributed by atoms with Crippen molar-refractivity contribution in [1.82, 2.24) is 0 Å². The lowest BCUT2D eigenvalue weighted by atomic mass is 9.94. The van der Waals surface area contributed by atoms with E-state index in [2.05, 4.69) is 0 Å². The number of rotatable bonds is 4. The average molecular weight is 239 g/mol. The molecule has 1 atom stereocenters. The first-order valence-electron chi connectivity index (χ1n) is 6.34. The van der Waals surface area contributed by atoms with Crippen LogP contribution < -0.4 is 5.73 Å². The predicted octanol–water partition coefficient (Wildman–Crippen LogP) is 3.41. The molecule has 0 spiro atoms. The number of halogens is 2. The fourth-order valence-corrected chi connectivity index (χ4v) is 2.73. The molecule has 1 aromatic carbocycles. The standard InChI is InChI=1S/C14H19F2N/c15-13-6-5-11(9-14(13)16)8-12(17)7-10-3-1-2-4-10/h5-6,9-10,12H,1-4,7-8,17H2. The van der Waals surface area contributed by atoms with Gasteiger partial charge in [0.15, 0.2) is 11.6 Å². The molecule has 0 amide bonds. The van der Waals surface area contributed by atoms with Gasteiger partial charge in [-0.1, -0.05) is 31.7 Å². The van der Waals surface area contributed by atoms with E-state index in [1.54, 1.807) is 6.07 Å². The minimum absolute atomic E-state index is 0.0583. The van der Waals surface area contributed by atoms with Gasteiger partial charge >= 0.3 is 0 Å². The van der Waals surface area contributed by atoms with Gasteiger partial charge in [0.1, 0.15) is 0 Å². The van der Waals surface area contributed by atoms with Gasteiger partial charge in [-0.05, 0) is 36.5 Å². The molecule has 1 aliphatic carbocycles. The third-order valence-electron chi connectivity index (χ3n) is 3.59. The van der Waals surface area contributed by atoms with Crippen molar-refractivity contribution >= 4 is 0 Å². The Kier molecular flexibility index (Phi) is 4.11. The molecule has 0 bridgehead atoms. The minimum atomic E-state index is -0.793. The van der Waals surface area contributed by atoms with Crippen LogP contribution in [-0.4, -0.2) is 6.04 Å². The summed E-state index contributed by atoms with van der Waals surface area (Å²) in [6.07, 6.45) is 6.79. The lowest BCUT2D eigenvalue weighted by molar-refractivity contribution is 0.439. The Morgan fingerprint density at radius 1 is 1.18 bits per heavy atom. The molecule has 2 N–H and O–H groups in total. The van der Waals surface area contributed by atoms with E-state index in [0.29, 0.717) is 6.42 Å². The topological polar surface area (TPSA) is 26.0 Å². The summed E-state index contributed by atoms with van der Waals surface area (Å²) in [6, 6.07) is 4.10. The smallest absolute Gasteiger partial charge is 0.159 e. The van der Waals surface area contributed by atoms with Crippen molar-refractivity contribution in [3.8, 4) is 0 Å². The highest BCUT2D eigenvalue weighted by molar-refractivity contribution is 5.18. The summed E-state index contributed by atoms with van der Waals surface area (Å²) >= 11 is 0. The van der Waals surface area contributed by atoms with Crippen LogP contribution in [-0.2, 0) is 6.42 Å². The second-order valence-electron chi connectivity index (χ2n) is 5.10. The van der Waals surface area contributed by atoms with Crippen LogP contribution in [0.5, 0.6) is 0 Å². The summed E-state index contributed by atoms with van der Waals surface area (Å²) in [5.41, 5.74) is 6.84. The highest BCUT2D eigenvalue weighted by Gasteiger charge is 2.18. The van der Waals surface area contributed by atoms with E-state index in [9.17, 15) is 8.78 Å². The van der Waals surface area contributed by atoms with Gasteiger partial charge in [0.2, 0.25) is 0 Å². The van der Waals surface area contributed by atoms with Crippen LogP contribution >= 0.6 is 0 Å². The van der Waals surface area contributed by atoms with Crippen LogP contribution in [0.3, 0.4) is 0 Å². The Morgan fingerprint density at radius 2 is 1.88 bits per heavy atom. The number of benzene rings is 1. The first-order chi connectivity index (χ1) is 8.15. The summed E-state index contributed by atoms with van der Waals surface area (Å²) in [6.45, 7) is 0. The molecule has 1 saturated carbocycles. The molecule has 0 radical (unpaired) electrons. The average Bonchev–Trinajstić information content (AvgIpc) is 2.76. The highest BCUT2D eigenvalue weighted by Crippen LogP contribution is 2.28. The second-order valence-corrected chi connectivity index (χ2v) is 5.10. The van der Waals surface area contributed by atoms with Crippen molar-refractivity contribution in [1.29, 1.82) is 0 Å². The van der Waals surface area contributed by atoms with Gasteiger partial charge in [-0.25, -0.2) is 8.78 Å². The van der Waals surface area contributed by atoms with E-state index in [-0.39, 0.29) is 6.04 Å². The molecular formula is C14H19F2N. The zero-order valence-corrected chi connectivity index (χ0v) is 9.96. The summed E-state index contributed by atoms with van der Waals surface area (Å²) in [5, 5.41) is 0. The third kappa shape index (κ3) is 3.50. The first kappa shape index (κ1) is 12.5. The molecule has 17 heavy (non-hydrogen) atoms. The molecule has 1 nitrogen and oxygen atoms in total. The maximum absolute atomic E-state index is 13.0. The summed E-state index contributed by atoms with van der Waals surface area (Å²) in [7, 11) is 0. The SMILES string of the molecule is NC(Cc1ccc(F)c(F)c1)CC1CCCC1. The van der Waals surface area contributed by atoms with Gasteiger partial charge in [0, 0.05) is 6.04 Å². The molecule has 3 heteroatoms. The zero-order valence-electron chi connectivity index (χ0n) is 9.96. The predicted molar refractivity (Wildman–Crippen MR) is 64.6 cm³/mol. The number of nitrogens with two attached hydrogens (primary N) is 1. The molecule has 0 aliphatic heterocycles.